The highest BCUT2D eigenvalue weighted by atomic mass is 16.5. The van der Waals surface area contributed by atoms with Crippen LogP contribution < -0.4 is 10.1 Å². The second kappa shape index (κ2) is 8.59. The van der Waals surface area contributed by atoms with E-state index < -0.39 is 6.10 Å². The first-order valence-electron chi connectivity index (χ1n) is 7.22. The van der Waals surface area contributed by atoms with Crippen LogP contribution in [0.5, 0.6) is 5.75 Å². The highest BCUT2D eigenvalue weighted by molar-refractivity contribution is 5.94. The van der Waals surface area contributed by atoms with Gasteiger partial charge in [0.25, 0.3) is 5.91 Å². The fourth-order valence-corrected chi connectivity index (χ4v) is 1.74. The average Bonchev–Trinajstić information content (AvgIpc) is 2.43. The molecule has 0 heterocycles. The lowest BCUT2D eigenvalue weighted by molar-refractivity contribution is 0.0909. The molecule has 0 aromatic heterocycles. The van der Waals surface area contributed by atoms with Crippen LogP contribution in [0.4, 0.5) is 0 Å². The van der Waals surface area contributed by atoms with Gasteiger partial charge >= 0.3 is 0 Å². The van der Waals surface area contributed by atoms with Gasteiger partial charge in [0.1, 0.15) is 5.75 Å². The molecule has 1 rings (SSSR count). The summed E-state index contributed by atoms with van der Waals surface area (Å²) in [6.45, 7) is 7.06. The van der Waals surface area contributed by atoms with E-state index in [9.17, 15) is 9.90 Å². The van der Waals surface area contributed by atoms with Gasteiger partial charge < -0.3 is 15.2 Å². The summed E-state index contributed by atoms with van der Waals surface area (Å²) in [5.74, 6) is 0.951. The summed E-state index contributed by atoms with van der Waals surface area (Å²) in [4.78, 5) is 12.0. The molecule has 0 aliphatic carbocycles. The number of hydrogen-bond donors (Lipinski definition) is 2. The Bertz CT molecular complexity index is 418. The summed E-state index contributed by atoms with van der Waals surface area (Å²) >= 11 is 0. The third-order valence-corrected chi connectivity index (χ3v) is 2.80. The van der Waals surface area contributed by atoms with Crippen molar-refractivity contribution in [1.82, 2.24) is 5.32 Å². The molecular weight excluding hydrogens is 254 g/mol. The Morgan fingerprint density at radius 3 is 2.80 bits per heavy atom. The van der Waals surface area contributed by atoms with E-state index in [4.69, 9.17) is 4.74 Å². The highest BCUT2D eigenvalue weighted by Gasteiger charge is 2.09. The summed E-state index contributed by atoms with van der Waals surface area (Å²) < 4.78 is 5.59. The summed E-state index contributed by atoms with van der Waals surface area (Å²) in [7, 11) is 0. The van der Waals surface area contributed by atoms with E-state index in [1.165, 1.54) is 0 Å². The van der Waals surface area contributed by atoms with E-state index >= 15 is 0 Å². The van der Waals surface area contributed by atoms with Gasteiger partial charge in [-0.15, -0.1) is 0 Å². The van der Waals surface area contributed by atoms with Gasteiger partial charge in [0.15, 0.2) is 0 Å². The molecule has 1 atom stereocenters. The lowest BCUT2D eigenvalue weighted by Crippen LogP contribution is -2.31. The van der Waals surface area contributed by atoms with Crippen LogP contribution in [0.2, 0.25) is 0 Å². The number of hydrogen-bond acceptors (Lipinski definition) is 3. The van der Waals surface area contributed by atoms with Gasteiger partial charge in [0.2, 0.25) is 0 Å². The van der Waals surface area contributed by atoms with Gasteiger partial charge in [0, 0.05) is 12.1 Å². The van der Waals surface area contributed by atoms with E-state index in [2.05, 4.69) is 19.2 Å². The molecule has 0 radical (unpaired) electrons. The molecule has 1 aromatic carbocycles. The smallest absolute Gasteiger partial charge is 0.251 e. The number of ether oxygens (including phenoxy) is 1. The molecule has 4 heteroatoms. The molecule has 1 amide bonds. The zero-order valence-electron chi connectivity index (χ0n) is 12.6. The highest BCUT2D eigenvalue weighted by Crippen LogP contribution is 2.14. The second-order valence-corrected chi connectivity index (χ2v) is 5.39. The molecule has 0 saturated carbocycles. The van der Waals surface area contributed by atoms with Crippen LogP contribution >= 0.6 is 0 Å². The first kappa shape index (κ1) is 16.5. The molecule has 20 heavy (non-hydrogen) atoms. The van der Waals surface area contributed by atoms with Gasteiger partial charge in [-0.05, 0) is 30.5 Å². The normalized spacial score (nSPS) is 12.2. The van der Waals surface area contributed by atoms with Crippen molar-refractivity contribution in [2.75, 3.05) is 13.2 Å². The van der Waals surface area contributed by atoms with Crippen molar-refractivity contribution in [1.29, 1.82) is 0 Å². The van der Waals surface area contributed by atoms with Crippen LogP contribution in [0.15, 0.2) is 24.3 Å². The molecule has 0 saturated heterocycles. The predicted octanol–water partition coefficient (Wildman–Crippen LogP) is 2.61. The molecule has 0 bridgehead atoms. The molecule has 0 aliphatic rings. The minimum atomic E-state index is -0.482. The van der Waals surface area contributed by atoms with E-state index in [0.717, 1.165) is 6.42 Å². The Morgan fingerprint density at radius 2 is 2.15 bits per heavy atom. The van der Waals surface area contributed by atoms with Crippen molar-refractivity contribution in [3.8, 4) is 5.75 Å². The first-order chi connectivity index (χ1) is 9.52. The molecule has 2 N–H and O–H groups in total. The quantitative estimate of drug-likeness (QED) is 0.769. The van der Waals surface area contributed by atoms with Crippen molar-refractivity contribution in [3.05, 3.63) is 29.8 Å². The van der Waals surface area contributed by atoms with Crippen LogP contribution in [0, 0.1) is 5.92 Å². The molecular formula is C16H25NO3. The number of amides is 1. The lowest BCUT2D eigenvalue weighted by atomic mass is 10.1. The van der Waals surface area contributed by atoms with Crippen LogP contribution in [0.25, 0.3) is 0 Å². The van der Waals surface area contributed by atoms with Crippen LogP contribution in [-0.4, -0.2) is 30.3 Å². The van der Waals surface area contributed by atoms with E-state index in [-0.39, 0.29) is 12.5 Å². The molecule has 112 valence electrons. The van der Waals surface area contributed by atoms with Gasteiger partial charge in [0.05, 0.1) is 12.7 Å². The van der Waals surface area contributed by atoms with E-state index in [1.54, 1.807) is 18.2 Å². The fourth-order valence-electron chi connectivity index (χ4n) is 1.74. The van der Waals surface area contributed by atoms with Crippen molar-refractivity contribution < 1.29 is 14.6 Å². The molecule has 0 aliphatic heterocycles. The number of aliphatic hydroxyl groups is 1. The standard InChI is InChI=1S/C16H25NO3/c1-4-6-14(18)10-17-16(19)13-7-5-8-15(9-13)20-11-12(2)3/h5,7-9,12,14,18H,4,6,10-11H2,1-3H3,(H,17,19). The monoisotopic (exact) mass is 279 g/mol. The largest absolute Gasteiger partial charge is 0.493 e. The van der Waals surface area contributed by atoms with Crippen LogP contribution in [0.1, 0.15) is 44.0 Å². The second-order valence-electron chi connectivity index (χ2n) is 5.39. The topological polar surface area (TPSA) is 58.6 Å². The molecule has 4 nitrogen and oxygen atoms in total. The Hall–Kier alpha value is -1.55. The maximum absolute atomic E-state index is 12.0. The Balaban J connectivity index is 2.53. The Labute approximate surface area is 121 Å². The predicted molar refractivity (Wildman–Crippen MR) is 80.0 cm³/mol. The fraction of sp³-hybridized carbons (Fsp3) is 0.562. The third kappa shape index (κ3) is 6.06. The minimum absolute atomic E-state index is 0.185. The zero-order chi connectivity index (χ0) is 15.0. The summed E-state index contributed by atoms with van der Waals surface area (Å²) in [6.07, 6.45) is 1.11. The number of carbonyl (C=O) groups excluding carboxylic acids is 1. The summed E-state index contributed by atoms with van der Waals surface area (Å²) in [5.41, 5.74) is 0.551. The minimum Gasteiger partial charge on any atom is -0.493 e. The average molecular weight is 279 g/mol. The van der Waals surface area contributed by atoms with Gasteiger partial charge in [-0.25, -0.2) is 0 Å². The zero-order valence-corrected chi connectivity index (χ0v) is 12.6. The van der Waals surface area contributed by atoms with Crippen LogP contribution in [0.3, 0.4) is 0 Å². The molecule has 0 fully saturated rings. The number of rotatable bonds is 8. The maximum atomic E-state index is 12.0. The first-order valence-corrected chi connectivity index (χ1v) is 7.22. The van der Waals surface area contributed by atoms with Crippen LogP contribution in [-0.2, 0) is 0 Å². The maximum Gasteiger partial charge on any atom is 0.251 e. The molecule has 1 aromatic rings. The Morgan fingerprint density at radius 1 is 1.40 bits per heavy atom. The Kier molecular flexibility index (Phi) is 7.09. The van der Waals surface area contributed by atoms with Gasteiger partial charge in [-0.3, -0.25) is 4.79 Å². The molecule has 0 spiro atoms. The number of nitrogens with one attached hydrogen (secondary N) is 1. The number of carbonyl (C=O) groups is 1. The van der Waals surface area contributed by atoms with Crippen molar-refractivity contribution in [2.45, 2.75) is 39.7 Å². The summed E-state index contributed by atoms with van der Waals surface area (Å²) in [5, 5.41) is 12.3. The van der Waals surface area contributed by atoms with Crippen molar-refractivity contribution in [3.63, 3.8) is 0 Å². The third-order valence-electron chi connectivity index (χ3n) is 2.80. The van der Waals surface area contributed by atoms with E-state index in [1.807, 2.05) is 13.0 Å². The SMILES string of the molecule is CCCC(O)CNC(=O)c1cccc(OCC(C)C)c1. The number of benzene rings is 1. The summed E-state index contributed by atoms with van der Waals surface area (Å²) in [6, 6.07) is 7.10. The number of aliphatic hydroxyl groups excluding tert-OH is 1. The van der Waals surface area contributed by atoms with Crippen molar-refractivity contribution >= 4 is 5.91 Å². The van der Waals surface area contributed by atoms with Gasteiger partial charge in [-0.2, -0.15) is 0 Å². The van der Waals surface area contributed by atoms with E-state index in [0.29, 0.717) is 30.3 Å². The van der Waals surface area contributed by atoms with Gasteiger partial charge in [-0.1, -0.05) is 33.3 Å². The van der Waals surface area contributed by atoms with Crippen molar-refractivity contribution in [2.24, 2.45) is 5.92 Å². The molecule has 1 unspecified atom stereocenters. The lowest BCUT2D eigenvalue weighted by Gasteiger charge is -2.12.